The standard InChI is InChI=1S/C11H16N4OS/c1-16-6-8(2-4-12)15-11-10-9(3-5-17-10)13-7-14-11/h3,5,7-8H,2,4,6,12H2,1H3,(H,13,14,15). The van der Waals surface area contributed by atoms with E-state index in [4.69, 9.17) is 10.5 Å². The lowest BCUT2D eigenvalue weighted by Gasteiger charge is -2.17. The number of nitrogens with zero attached hydrogens (tertiary/aromatic N) is 2. The molecule has 0 radical (unpaired) electrons. The van der Waals surface area contributed by atoms with Crippen molar-refractivity contribution in [2.24, 2.45) is 5.73 Å². The number of nitrogens with two attached hydrogens (primary N) is 1. The zero-order valence-electron chi connectivity index (χ0n) is 9.72. The van der Waals surface area contributed by atoms with E-state index in [9.17, 15) is 0 Å². The van der Waals surface area contributed by atoms with Crippen LogP contribution < -0.4 is 11.1 Å². The molecule has 17 heavy (non-hydrogen) atoms. The Labute approximate surface area is 104 Å². The highest BCUT2D eigenvalue weighted by molar-refractivity contribution is 7.17. The van der Waals surface area contributed by atoms with Crippen LogP contribution in [-0.4, -0.2) is 36.3 Å². The van der Waals surface area contributed by atoms with Crippen molar-refractivity contribution < 1.29 is 4.74 Å². The van der Waals surface area contributed by atoms with Crippen LogP contribution in [0.5, 0.6) is 0 Å². The van der Waals surface area contributed by atoms with E-state index in [1.54, 1.807) is 24.8 Å². The zero-order valence-corrected chi connectivity index (χ0v) is 10.5. The topological polar surface area (TPSA) is 73.1 Å². The van der Waals surface area contributed by atoms with Crippen molar-refractivity contribution in [3.05, 3.63) is 17.8 Å². The number of aromatic nitrogens is 2. The monoisotopic (exact) mass is 252 g/mol. The second-order valence-corrected chi connectivity index (χ2v) is 4.65. The summed E-state index contributed by atoms with van der Waals surface area (Å²) in [5, 5.41) is 5.38. The number of nitrogens with one attached hydrogen (secondary N) is 1. The quantitative estimate of drug-likeness (QED) is 0.814. The minimum Gasteiger partial charge on any atom is -0.383 e. The molecule has 3 N–H and O–H groups in total. The van der Waals surface area contributed by atoms with Gasteiger partial charge in [0.1, 0.15) is 12.1 Å². The summed E-state index contributed by atoms with van der Waals surface area (Å²) in [4.78, 5) is 8.48. The van der Waals surface area contributed by atoms with Crippen molar-refractivity contribution in [2.45, 2.75) is 12.5 Å². The van der Waals surface area contributed by atoms with E-state index >= 15 is 0 Å². The van der Waals surface area contributed by atoms with E-state index in [1.807, 2.05) is 11.4 Å². The Hall–Kier alpha value is -1.24. The number of fused-ring (bicyclic) bond motifs is 1. The lowest BCUT2D eigenvalue weighted by atomic mass is 10.2. The van der Waals surface area contributed by atoms with Crippen LogP contribution in [0.4, 0.5) is 5.82 Å². The average molecular weight is 252 g/mol. The third-order valence-corrected chi connectivity index (χ3v) is 3.38. The predicted octanol–water partition coefficient (Wildman–Crippen LogP) is 1.47. The predicted molar refractivity (Wildman–Crippen MR) is 70.4 cm³/mol. The molecule has 92 valence electrons. The third kappa shape index (κ3) is 2.91. The van der Waals surface area contributed by atoms with E-state index in [1.165, 1.54) is 0 Å². The molecule has 0 fully saturated rings. The number of ether oxygens (including phenoxy) is 1. The van der Waals surface area contributed by atoms with Crippen molar-refractivity contribution in [1.82, 2.24) is 9.97 Å². The maximum Gasteiger partial charge on any atom is 0.147 e. The minimum atomic E-state index is 0.185. The van der Waals surface area contributed by atoms with Crippen molar-refractivity contribution in [3.8, 4) is 0 Å². The number of anilines is 1. The highest BCUT2D eigenvalue weighted by atomic mass is 32.1. The Balaban J connectivity index is 2.18. The van der Waals surface area contributed by atoms with E-state index in [2.05, 4.69) is 15.3 Å². The normalized spacial score (nSPS) is 12.8. The van der Waals surface area contributed by atoms with Crippen LogP contribution in [0.1, 0.15) is 6.42 Å². The Morgan fingerprint density at radius 3 is 3.18 bits per heavy atom. The molecule has 0 saturated heterocycles. The molecule has 6 heteroatoms. The summed E-state index contributed by atoms with van der Waals surface area (Å²) < 4.78 is 6.24. The maximum atomic E-state index is 5.58. The molecule has 0 spiro atoms. The molecule has 0 amide bonds. The number of thiophene rings is 1. The molecule has 0 aliphatic heterocycles. The first kappa shape index (κ1) is 12.2. The molecular weight excluding hydrogens is 236 g/mol. The molecular formula is C11H16N4OS. The van der Waals surface area contributed by atoms with Crippen molar-refractivity contribution in [3.63, 3.8) is 0 Å². The second kappa shape index (κ2) is 5.90. The molecule has 0 aliphatic rings. The molecule has 0 aromatic carbocycles. The fourth-order valence-electron chi connectivity index (χ4n) is 1.68. The number of hydrogen-bond acceptors (Lipinski definition) is 6. The molecule has 1 atom stereocenters. The van der Waals surface area contributed by atoms with Crippen LogP contribution in [-0.2, 0) is 4.74 Å². The largest absolute Gasteiger partial charge is 0.383 e. The molecule has 0 bridgehead atoms. The Kier molecular flexibility index (Phi) is 4.24. The second-order valence-electron chi connectivity index (χ2n) is 3.73. The van der Waals surface area contributed by atoms with Crippen LogP contribution >= 0.6 is 11.3 Å². The van der Waals surface area contributed by atoms with Gasteiger partial charge in [-0.3, -0.25) is 0 Å². The van der Waals surface area contributed by atoms with Crippen molar-refractivity contribution in [2.75, 3.05) is 25.6 Å². The van der Waals surface area contributed by atoms with Gasteiger partial charge in [-0.1, -0.05) is 0 Å². The summed E-state index contributed by atoms with van der Waals surface area (Å²) in [7, 11) is 1.69. The van der Waals surface area contributed by atoms with E-state index in [0.717, 1.165) is 22.5 Å². The number of rotatable bonds is 6. The highest BCUT2D eigenvalue weighted by Gasteiger charge is 2.11. The highest BCUT2D eigenvalue weighted by Crippen LogP contribution is 2.25. The number of methoxy groups -OCH3 is 1. The van der Waals surface area contributed by atoms with Gasteiger partial charge in [0, 0.05) is 7.11 Å². The molecule has 5 nitrogen and oxygen atoms in total. The fraction of sp³-hybridized carbons (Fsp3) is 0.455. The summed E-state index contributed by atoms with van der Waals surface area (Å²) in [5.41, 5.74) is 6.55. The van der Waals surface area contributed by atoms with Crippen LogP contribution in [0.15, 0.2) is 17.8 Å². The smallest absolute Gasteiger partial charge is 0.147 e. The van der Waals surface area contributed by atoms with Gasteiger partial charge in [-0.15, -0.1) is 11.3 Å². The zero-order chi connectivity index (χ0) is 12.1. The van der Waals surface area contributed by atoms with E-state index in [-0.39, 0.29) is 6.04 Å². The fourth-order valence-corrected chi connectivity index (χ4v) is 2.48. The average Bonchev–Trinajstić information content (AvgIpc) is 2.79. The van der Waals surface area contributed by atoms with Crippen molar-refractivity contribution in [1.29, 1.82) is 0 Å². The molecule has 0 aliphatic carbocycles. The van der Waals surface area contributed by atoms with Gasteiger partial charge in [-0.05, 0) is 24.4 Å². The summed E-state index contributed by atoms with van der Waals surface area (Å²) in [6.07, 6.45) is 2.43. The molecule has 2 heterocycles. The summed E-state index contributed by atoms with van der Waals surface area (Å²) in [6, 6.07) is 2.17. The van der Waals surface area contributed by atoms with E-state index in [0.29, 0.717) is 13.2 Å². The van der Waals surface area contributed by atoms with Gasteiger partial charge in [0.2, 0.25) is 0 Å². The lowest BCUT2D eigenvalue weighted by molar-refractivity contribution is 0.183. The van der Waals surface area contributed by atoms with Crippen molar-refractivity contribution >= 4 is 27.4 Å². The van der Waals surface area contributed by atoms with Crippen LogP contribution in [0, 0.1) is 0 Å². The molecule has 2 rings (SSSR count). The first-order valence-corrected chi connectivity index (χ1v) is 6.37. The van der Waals surface area contributed by atoms with Gasteiger partial charge in [-0.25, -0.2) is 9.97 Å². The maximum absolute atomic E-state index is 5.58. The SMILES string of the molecule is COCC(CCN)Nc1ncnc2ccsc12. The molecule has 0 saturated carbocycles. The summed E-state index contributed by atoms with van der Waals surface area (Å²) in [6.45, 7) is 1.24. The molecule has 1 unspecified atom stereocenters. The van der Waals surface area contributed by atoms with Gasteiger partial charge in [0.25, 0.3) is 0 Å². The Morgan fingerprint density at radius 2 is 2.41 bits per heavy atom. The van der Waals surface area contributed by atoms with Gasteiger partial charge < -0.3 is 15.8 Å². The number of hydrogen-bond donors (Lipinski definition) is 2. The first-order chi connectivity index (χ1) is 8.35. The van der Waals surface area contributed by atoms with Gasteiger partial charge in [0.15, 0.2) is 0 Å². The van der Waals surface area contributed by atoms with Gasteiger partial charge in [-0.2, -0.15) is 0 Å². The minimum absolute atomic E-state index is 0.185. The van der Waals surface area contributed by atoms with Gasteiger partial charge in [0.05, 0.1) is 22.9 Å². The van der Waals surface area contributed by atoms with Crippen LogP contribution in [0.25, 0.3) is 10.2 Å². The van der Waals surface area contributed by atoms with Crippen LogP contribution in [0.3, 0.4) is 0 Å². The van der Waals surface area contributed by atoms with E-state index < -0.39 is 0 Å². The summed E-state index contributed by atoms with van der Waals surface area (Å²) in [5.74, 6) is 0.862. The lowest BCUT2D eigenvalue weighted by Crippen LogP contribution is -2.28. The third-order valence-electron chi connectivity index (χ3n) is 2.47. The Bertz CT molecular complexity index is 467. The molecule has 2 aromatic heterocycles. The first-order valence-electron chi connectivity index (χ1n) is 5.49. The van der Waals surface area contributed by atoms with Gasteiger partial charge >= 0.3 is 0 Å². The van der Waals surface area contributed by atoms with Crippen LogP contribution in [0.2, 0.25) is 0 Å². The summed E-state index contributed by atoms with van der Waals surface area (Å²) >= 11 is 1.63. The molecule has 2 aromatic rings. The Morgan fingerprint density at radius 1 is 1.53 bits per heavy atom.